The molecule has 0 radical (unpaired) electrons. The van der Waals surface area contributed by atoms with Crippen molar-refractivity contribution in [1.82, 2.24) is 15.3 Å². The molecule has 132 valence electrons. The normalized spacial score (nSPS) is 10.2. The highest BCUT2D eigenvalue weighted by Crippen LogP contribution is 2.17. The fourth-order valence-corrected chi connectivity index (χ4v) is 2.81. The van der Waals surface area contributed by atoms with Crippen LogP contribution in [0.4, 0.5) is 15.6 Å². The summed E-state index contributed by atoms with van der Waals surface area (Å²) in [5.74, 6) is -0.316. The maximum absolute atomic E-state index is 12.1. The summed E-state index contributed by atoms with van der Waals surface area (Å²) < 4.78 is 0. The van der Waals surface area contributed by atoms with Gasteiger partial charge in [-0.1, -0.05) is 11.6 Å². The molecular formula is C17H14ClN5O2S. The van der Waals surface area contributed by atoms with E-state index in [9.17, 15) is 9.59 Å². The van der Waals surface area contributed by atoms with Crippen molar-refractivity contribution in [3.63, 3.8) is 0 Å². The minimum absolute atomic E-state index is 0.242. The monoisotopic (exact) mass is 387 g/mol. The highest BCUT2D eigenvalue weighted by Gasteiger charge is 2.12. The zero-order valence-electron chi connectivity index (χ0n) is 13.4. The Morgan fingerprint density at radius 1 is 1.04 bits per heavy atom. The summed E-state index contributed by atoms with van der Waals surface area (Å²) in [5.41, 5.74) is 1.77. The van der Waals surface area contributed by atoms with Gasteiger partial charge in [-0.3, -0.25) is 15.1 Å². The quantitative estimate of drug-likeness (QED) is 0.621. The van der Waals surface area contributed by atoms with Gasteiger partial charge in [0, 0.05) is 35.0 Å². The smallest absolute Gasteiger partial charge is 0.325 e. The maximum atomic E-state index is 12.1. The molecule has 0 aliphatic heterocycles. The number of carbonyl (C=O) groups is 2. The SMILES string of the molecule is O=C(Nc1ccc(Cl)cc1)Nc1nc(C(=O)NCc2ccncc2)cs1. The number of anilines is 2. The van der Waals surface area contributed by atoms with E-state index in [1.165, 1.54) is 11.3 Å². The Hall–Kier alpha value is -2.97. The Labute approximate surface area is 158 Å². The number of pyridine rings is 1. The van der Waals surface area contributed by atoms with Gasteiger partial charge in [-0.25, -0.2) is 9.78 Å². The first-order chi connectivity index (χ1) is 12.6. The molecule has 0 aliphatic carbocycles. The van der Waals surface area contributed by atoms with Crippen molar-refractivity contribution in [2.45, 2.75) is 6.54 Å². The van der Waals surface area contributed by atoms with E-state index in [4.69, 9.17) is 11.6 Å². The number of halogens is 1. The van der Waals surface area contributed by atoms with E-state index in [1.54, 1.807) is 42.0 Å². The third-order valence-electron chi connectivity index (χ3n) is 3.26. The van der Waals surface area contributed by atoms with Gasteiger partial charge in [-0.15, -0.1) is 11.3 Å². The van der Waals surface area contributed by atoms with Crippen LogP contribution in [0.3, 0.4) is 0 Å². The van der Waals surface area contributed by atoms with E-state index in [-0.39, 0.29) is 11.6 Å². The van der Waals surface area contributed by atoms with E-state index in [2.05, 4.69) is 25.9 Å². The molecule has 0 atom stereocenters. The summed E-state index contributed by atoms with van der Waals surface area (Å²) in [6.45, 7) is 0.374. The summed E-state index contributed by atoms with van der Waals surface area (Å²) >= 11 is 6.96. The number of carbonyl (C=O) groups excluding carboxylic acids is 2. The Morgan fingerprint density at radius 3 is 2.50 bits per heavy atom. The molecule has 0 spiro atoms. The standard InChI is InChI=1S/C17H14ClN5O2S/c18-12-1-3-13(4-2-12)21-16(25)23-17-22-14(10-26-17)15(24)20-9-11-5-7-19-8-6-11/h1-8,10H,9H2,(H,20,24)(H2,21,22,23,25). The third kappa shape index (κ3) is 5.01. The maximum Gasteiger partial charge on any atom is 0.325 e. The molecule has 3 amide bonds. The first kappa shape index (κ1) is 17.8. The molecule has 0 bridgehead atoms. The molecule has 0 fully saturated rings. The van der Waals surface area contributed by atoms with Gasteiger partial charge >= 0.3 is 6.03 Å². The summed E-state index contributed by atoms with van der Waals surface area (Å²) in [6.07, 6.45) is 3.32. The van der Waals surface area contributed by atoms with Crippen LogP contribution in [0.2, 0.25) is 5.02 Å². The predicted octanol–water partition coefficient (Wildman–Crippen LogP) is 3.77. The van der Waals surface area contributed by atoms with Gasteiger partial charge in [0.25, 0.3) is 5.91 Å². The van der Waals surface area contributed by atoms with Crippen LogP contribution in [0.5, 0.6) is 0 Å². The number of thiazole rings is 1. The molecule has 9 heteroatoms. The highest BCUT2D eigenvalue weighted by atomic mass is 35.5. The van der Waals surface area contributed by atoms with Gasteiger partial charge in [0.1, 0.15) is 5.69 Å². The highest BCUT2D eigenvalue weighted by molar-refractivity contribution is 7.14. The van der Waals surface area contributed by atoms with Gasteiger partial charge < -0.3 is 10.6 Å². The lowest BCUT2D eigenvalue weighted by Crippen LogP contribution is -2.23. The van der Waals surface area contributed by atoms with Crippen LogP contribution in [-0.4, -0.2) is 21.9 Å². The number of benzene rings is 1. The predicted molar refractivity (Wildman–Crippen MR) is 102 cm³/mol. The second kappa shape index (κ2) is 8.41. The first-order valence-electron chi connectivity index (χ1n) is 7.56. The van der Waals surface area contributed by atoms with E-state index >= 15 is 0 Å². The summed E-state index contributed by atoms with van der Waals surface area (Å²) in [7, 11) is 0. The molecule has 3 rings (SSSR count). The van der Waals surface area contributed by atoms with E-state index in [0.29, 0.717) is 22.4 Å². The Morgan fingerprint density at radius 2 is 1.77 bits per heavy atom. The van der Waals surface area contributed by atoms with Crippen molar-refractivity contribution in [3.8, 4) is 0 Å². The average Bonchev–Trinajstić information content (AvgIpc) is 3.11. The van der Waals surface area contributed by atoms with Crippen LogP contribution in [0.15, 0.2) is 54.2 Å². The van der Waals surface area contributed by atoms with Gasteiger partial charge in [0.15, 0.2) is 5.13 Å². The van der Waals surface area contributed by atoms with Crippen molar-refractivity contribution >= 4 is 45.7 Å². The van der Waals surface area contributed by atoms with Gasteiger partial charge in [0.2, 0.25) is 0 Å². The summed E-state index contributed by atoms with van der Waals surface area (Å²) in [6, 6.07) is 9.89. The minimum Gasteiger partial charge on any atom is -0.347 e. The Kier molecular flexibility index (Phi) is 5.77. The van der Waals surface area contributed by atoms with Crippen molar-refractivity contribution < 1.29 is 9.59 Å². The first-order valence-corrected chi connectivity index (χ1v) is 8.82. The van der Waals surface area contributed by atoms with E-state index in [1.807, 2.05) is 12.1 Å². The molecule has 26 heavy (non-hydrogen) atoms. The van der Waals surface area contributed by atoms with Crippen molar-refractivity contribution in [3.05, 3.63) is 70.5 Å². The molecule has 0 aliphatic rings. The van der Waals surface area contributed by atoms with Crippen LogP contribution < -0.4 is 16.0 Å². The van der Waals surface area contributed by atoms with Crippen molar-refractivity contribution in [2.75, 3.05) is 10.6 Å². The molecule has 0 unspecified atom stereocenters. The number of amides is 3. The van der Waals surface area contributed by atoms with Gasteiger partial charge in [0.05, 0.1) is 0 Å². The molecule has 2 aromatic heterocycles. The molecule has 0 saturated heterocycles. The number of urea groups is 1. The van der Waals surface area contributed by atoms with Crippen LogP contribution in [-0.2, 0) is 6.54 Å². The van der Waals surface area contributed by atoms with Crippen LogP contribution >= 0.6 is 22.9 Å². The molecule has 0 saturated carbocycles. The second-order valence-electron chi connectivity index (χ2n) is 5.16. The number of aromatic nitrogens is 2. The summed E-state index contributed by atoms with van der Waals surface area (Å²) in [4.78, 5) is 32.1. The lowest BCUT2D eigenvalue weighted by Gasteiger charge is -2.05. The number of rotatable bonds is 5. The number of hydrogen-bond donors (Lipinski definition) is 3. The van der Waals surface area contributed by atoms with Crippen LogP contribution in [0.25, 0.3) is 0 Å². The molecule has 1 aromatic carbocycles. The van der Waals surface area contributed by atoms with Gasteiger partial charge in [-0.2, -0.15) is 0 Å². The number of nitrogens with zero attached hydrogens (tertiary/aromatic N) is 2. The summed E-state index contributed by atoms with van der Waals surface area (Å²) in [5, 5.41) is 10.5. The van der Waals surface area contributed by atoms with Crippen LogP contribution in [0.1, 0.15) is 16.1 Å². The van der Waals surface area contributed by atoms with E-state index < -0.39 is 6.03 Å². The lowest BCUT2D eigenvalue weighted by atomic mass is 10.2. The van der Waals surface area contributed by atoms with E-state index in [0.717, 1.165) is 5.56 Å². The lowest BCUT2D eigenvalue weighted by molar-refractivity contribution is 0.0946. The van der Waals surface area contributed by atoms with Gasteiger partial charge in [-0.05, 0) is 42.0 Å². The molecule has 7 nitrogen and oxygen atoms in total. The minimum atomic E-state index is -0.453. The zero-order valence-corrected chi connectivity index (χ0v) is 15.0. The molecule has 3 N–H and O–H groups in total. The van der Waals surface area contributed by atoms with Crippen molar-refractivity contribution in [1.29, 1.82) is 0 Å². The third-order valence-corrected chi connectivity index (χ3v) is 4.27. The number of nitrogens with one attached hydrogen (secondary N) is 3. The Balaban J connectivity index is 1.52. The van der Waals surface area contributed by atoms with Crippen LogP contribution in [0, 0.1) is 0 Å². The fraction of sp³-hybridized carbons (Fsp3) is 0.0588. The molecule has 3 aromatic rings. The second-order valence-corrected chi connectivity index (χ2v) is 6.46. The number of hydrogen-bond acceptors (Lipinski definition) is 5. The van der Waals surface area contributed by atoms with Crippen molar-refractivity contribution in [2.24, 2.45) is 0 Å². The molecular weight excluding hydrogens is 374 g/mol. The zero-order chi connectivity index (χ0) is 18.4. The topological polar surface area (TPSA) is 96.0 Å². The largest absolute Gasteiger partial charge is 0.347 e. The molecule has 2 heterocycles. The average molecular weight is 388 g/mol. The Bertz CT molecular complexity index is 899. The fourth-order valence-electron chi connectivity index (χ4n) is 2.00.